The summed E-state index contributed by atoms with van der Waals surface area (Å²) in [7, 11) is 0. The molecule has 210 valence electrons. The van der Waals surface area contributed by atoms with Gasteiger partial charge in [-0.25, -0.2) is 9.79 Å². The number of ether oxygens (including phenoxy) is 2. The topological polar surface area (TPSA) is 69.9 Å². The maximum Gasteiger partial charge on any atom is 0.387 e. The zero-order chi connectivity index (χ0) is 29.1. The SMILES string of the molecule is CCOC(=O)C1=C(c2ccccc2)N=c2s/c(=C/c3ccccc3OC(F)F)c(=O)n2[C@@H]1c1ccc(C(C)C)cc1. The molecule has 0 N–H and O–H groups in total. The Morgan fingerprint density at radius 3 is 2.37 bits per heavy atom. The van der Waals surface area contributed by atoms with E-state index in [-0.39, 0.29) is 22.5 Å². The zero-order valence-electron chi connectivity index (χ0n) is 22.7. The summed E-state index contributed by atoms with van der Waals surface area (Å²) in [6.45, 7) is 3.03. The van der Waals surface area contributed by atoms with Crippen LogP contribution in [0.4, 0.5) is 8.78 Å². The molecule has 2 heterocycles. The summed E-state index contributed by atoms with van der Waals surface area (Å²) in [5, 5.41) is 0. The fourth-order valence-electron chi connectivity index (χ4n) is 4.76. The molecule has 0 spiro atoms. The lowest BCUT2D eigenvalue weighted by Gasteiger charge is -2.26. The van der Waals surface area contributed by atoms with E-state index in [1.807, 2.05) is 54.6 Å². The van der Waals surface area contributed by atoms with Crippen LogP contribution in [0.3, 0.4) is 0 Å². The van der Waals surface area contributed by atoms with E-state index in [9.17, 15) is 18.4 Å². The van der Waals surface area contributed by atoms with E-state index in [1.54, 1.807) is 25.1 Å². The Morgan fingerprint density at radius 1 is 1.02 bits per heavy atom. The highest BCUT2D eigenvalue weighted by Gasteiger charge is 2.35. The molecule has 1 aromatic heterocycles. The van der Waals surface area contributed by atoms with Crippen LogP contribution in [0.2, 0.25) is 0 Å². The largest absolute Gasteiger partial charge is 0.463 e. The van der Waals surface area contributed by atoms with E-state index >= 15 is 0 Å². The highest BCUT2D eigenvalue weighted by atomic mass is 32.1. The lowest BCUT2D eigenvalue weighted by molar-refractivity contribution is -0.138. The summed E-state index contributed by atoms with van der Waals surface area (Å²) in [4.78, 5) is 32.7. The minimum absolute atomic E-state index is 0.0497. The van der Waals surface area contributed by atoms with Crippen LogP contribution in [-0.4, -0.2) is 23.8 Å². The third-order valence-electron chi connectivity index (χ3n) is 6.71. The van der Waals surface area contributed by atoms with E-state index in [4.69, 9.17) is 9.73 Å². The molecule has 0 saturated heterocycles. The van der Waals surface area contributed by atoms with Crippen LogP contribution in [0.1, 0.15) is 55.0 Å². The first-order chi connectivity index (χ1) is 19.8. The van der Waals surface area contributed by atoms with Gasteiger partial charge in [-0.15, -0.1) is 0 Å². The first-order valence-electron chi connectivity index (χ1n) is 13.2. The summed E-state index contributed by atoms with van der Waals surface area (Å²) in [5.74, 6) is -0.328. The van der Waals surface area contributed by atoms with Crippen LogP contribution >= 0.6 is 11.3 Å². The van der Waals surface area contributed by atoms with Crippen molar-refractivity contribution >= 4 is 29.1 Å². The van der Waals surface area contributed by atoms with E-state index < -0.39 is 24.2 Å². The number of benzene rings is 3. The first-order valence-corrected chi connectivity index (χ1v) is 14.0. The number of alkyl halides is 2. The van der Waals surface area contributed by atoms with Gasteiger partial charge in [-0.1, -0.05) is 98.0 Å². The lowest BCUT2D eigenvalue weighted by atomic mass is 9.91. The smallest absolute Gasteiger partial charge is 0.387 e. The Balaban J connectivity index is 1.80. The number of para-hydroxylation sites is 1. The Labute approximate surface area is 239 Å². The van der Waals surface area contributed by atoms with Gasteiger partial charge in [-0.05, 0) is 36.1 Å². The summed E-state index contributed by atoms with van der Waals surface area (Å²) in [5.41, 5.74) is 3.10. The molecule has 4 aromatic rings. The number of hydrogen-bond acceptors (Lipinski definition) is 6. The standard InChI is InChI=1S/C32H28F2N2O4S/c1-4-39-30(38)26-27(21-10-6-5-7-11-21)35-32-36(28(26)22-16-14-20(15-17-22)19(2)3)29(37)25(41-32)18-23-12-8-9-13-24(23)40-31(33)34/h5-19,28,31H,4H2,1-3H3/b25-18+/t28-/m1/s1. The number of nitrogens with zero attached hydrogens (tertiary/aromatic N) is 2. The van der Waals surface area contributed by atoms with Crippen molar-refractivity contribution in [3.05, 3.63) is 126 Å². The first kappa shape index (κ1) is 28.2. The van der Waals surface area contributed by atoms with Crippen LogP contribution in [0.5, 0.6) is 5.75 Å². The number of carbonyl (C=O) groups is 1. The normalized spacial score (nSPS) is 15.2. The van der Waals surface area contributed by atoms with Crippen LogP contribution < -0.4 is 19.6 Å². The van der Waals surface area contributed by atoms with Crippen molar-refractivity contribution in [1.29, 1.82) is 0 Å². The molecule has 41 heavy (non-hydrogen) atoms. The van der Waals surface area contributed by atoms with Gasteiger partial charge in [0, 0.05) is 11.1 Å². The van der Waals surface area contributed by atoms with Crippen LogP contribution in [0, 0.1) is 0 Å². The average Bonchev–Trinajstić information content (AvgIpc) is 3.27. The molecule has 0 unspecified atom stereocenters. The number of carbonyl (C=O) groups excluding carboxylic acids is 1. The van der Waals surface area contributed by atoms with Crippen molar-refractivity contribution in [1.82, 2.24) is 4.57 Å². The minimum Gasteiger partial charge on any atom is -0.463 e. The second-order valence-corrected chi connectivity index (χ2v) is 10.7. The van der Waals surface area contributed by atoms with Crippen molar-refractivity contribution in [3.8, 4) is 5.75 Å². The maximum absolute atomic E-state index is 14.0. The Morgan fingerprint density at radius 2 is 1.71 bits per heavy atom. The van der Waals surface area contributed by atoms with Crippen LogP contribution in [0.15, 0.2) is 94.2 Å². The van der Waals surface area contributed by atoms with Gasteiger partial charge in [0.05, 0.1) is 28.5 Å². The summed E-state index contributed by atoms with van der Waals surface area (Å²) >= 11 is 1.12. The summed E-state index contributed by atoms with van der Waals surface area (Å²) in [6.07, 6.45) is 1.51. The van der Waals surface area contributed by atoms with Crippen molar-refractivity contribution in [2.45, 2.75) is 39.3 Å². The van der Waals surface area contributed by atoms with Gasteiger partial charge in [-0.2, -0.15) is 8.78 Å². The van der Waals surface area contributed by atoms with E-state index in [0.717, 1.165) is 22.5 Å². The number of hydrogen-bond donors (Lipinski definition) is 0. The summed E-state index contributed by atoms with van der Waals surface area (Å²) < 4.78 is 38.0. The van der Waals surface area contributed by atoms with Crippen molar-refractivity contribution in [2.24, 2.45) is 4.99 Å². The van der Waals surface area contributed by atoms with Gasteiger partial charge in [0.2, 0.25) is 0 Å². The quantitative estimate of drug-likeness (QED) is 0.255. The molecular weight excluding hydrogens is 546 g/mol. The molecule has 0 bridgehead atoms. The number of thiazole rings is 1. The van der Waals surface area contributed by atoms with Crippen LogP contribution in [-0.2, 0) is 9.53 Å². The highest BCUT2D eigenvalue weighted by molar-refractivity contribution is 7.07. The van der Waals surface area contributed by atoms with Crippen molar-refractivity contribution in [3.63, 3.8) is 0 Å². The fourth-order valence-corrected chi connectivity index (χ4v) is 5.76. The summed E-state index contributed by atoms with van der Waals surface area (Å²) in [6, 6.07) is 22.5. The molecule has 9 heteroatoms. The van der Waals surface area contributed by atoms with Crippen LogP contribution in [0.25, 0.3) is 11.8 Å². The Kier molecular flexibility index (Phi) is 8.26. The minimum atomic E-state index is -3.01. The van der Waals surface area contributed by atoms with Crippen molar-refractivity contribution < 1.29 is 23.0 Å². The van der Waals surface area contributed by atoms with E-state index in [1.165, 1.54) is 16.7 Å². The van der Waals surface area contributed by atoms with Gasteiger partial charge in [0.25, 0.3) is 5.56 Å². The predicted molar refractivity (Wildman–Crippen MR) is 155 cm³/mol. The number of fused-ring (bicyclic) bond motifs is 1. The monoisotopic (exact) mass is 574 g/mol. The third kappa shape index (κ3) is 5.76. The predicted octanol–water partition coefficient (Wildman–Crippen LogP) is 5.66. The van der Waals surface area contributed by atoms with Gasteiger partial charge in [0.1, 0.15) is 5.75 Å². The number of rotatable bonds is 8. The lowest BCUT2D eigenvalue weighted by Crippen LogP contribution is -2.40. The van der Waals surface area contributed by atoms with Crippen molar-refractivity contribution in [2.75, 3.05) is 6.61 Å². The molecule has 1 aliphatic heterocycles. The number of halogens is 2. The molecular formula is C32H28F2N2O4S. The second-order valence-electron chi connectivity index (χ2n) is 9.67. The molecule has 0 aliphatic carbocycles. The fraction of sp³-hybridized carbons (Fsp3) is 0.219. The molecule has 5 rings (SSSR count). The molecule has 0 saturated carbocycles. The molecule has 3 aromatic carbocycles. The molecule has 0 radical (unpaired) electrons. The van der Waals surface area contributed by atoms with Gasteiger partial charge >= 0.3 is 12.6 Å². The second kappa shape index (κ2) is 12.0. The van der Waals surface area contributed by atoms with E-state index in [0.29, 0.717) is 27.5 Å². The Hall–Kier alpha value is -4.37. The Bertz CT molecular complexity index is 1770. The number of esters is 1. The van der Waals surface area contributed by atoms with E-state index in [2.05, 4.69) is 18.6 Å². The maximum atomic E-state index is 14.0. The van der Waals surface area contributed by atoms with Gasteiger partial charge < -0.3 is 9.47 Å². The number of aromatic nitrogens is 1. The highest BCUT2D eigenvalue weighted by Crippen LogP contribution is 2.35. The third-order valence-corrected chi connectivity index (χ3v) is 7.70. The average molecular weight is 575 g/mol. The van der Waals surface area contributed by atoms with Gasteiger partial charge in [-0.3, -0.25) is 9.36 Å². The molecule has 0 fully saturated rings. The van der Waals surface area contributed by atoms with Gasteiger partial charge in [0.15, 0.2) is 4.80 Å². The molecule has 0 amide bonds. The zero-order valence-corrected chi connectivity index (χ0v) is 23.5. The molecule has 1 aliphatic rings. The molecule has 6 nitrogen and oxygen atoms in total. The molecule has 1 atom stereocenters.